The summed E-state index contributed by atoms with van der Waals surface area (Å²) in [6.07, 6.45) is 2.51. The molecule has 1 fully saturated rings. The summed E-state index contributed by atoms with van der Waals surface area (Å²) in [5, 5.41) is 9.85. The van der Waals surface area contributed by atoms with E-state index < -0.39 is 5.60 Å². The molecule has 0 bridgehead atoms. The maximum Gasteiger partial charge on any atom is 0.104 e. The predicted molar refractivity (Wildman–Crippen MR) is 56.8 cm³/mol. The average Bonchev–Trinajstić information content (AvgIpc) is 2.96. The molecule has 0 aromatic heterocycles. The molecule has 0 saturated carbocycles. The van der Waals surface area contributed by atoms with Crippen LogP contribution >= 0.6 is 0 Å². The van der Waals surface area contributed by atoms with Crippen molar-refractivity contribution in [1.82, 2.24) is 0 Å². The first-order chi connectivity index (χ1) is 7.14. The molecule has 1 aliphatic heterocycles. The largest absolute Gasteiger partial charge is 0.388 e. The van der Waals surface area contributed by atoms with Crippen LogP contribution in [-0.2, 0) is 14.2 Å². The van der Waals surface area contributed by atoms with Crippen molar-refractivity contribution in [3.8, 4) is 0 Å². The van der Waals surface area contributed by atoms with E-state index in [9.17, 15) is 5.11 Å². The molecule has 1 N–H and O–H groups in total. The van der Waals surface area contributed by atoms with Gasteiger partial charge in [-0.1, -0.05) is 6.08 Å². The van der Waals surface area contributed by atoms with Gasteiger partial charge in [0.15, 0.2) is 0 Å². The van der Waals surface area contributed by atoms with Crippen molar-refractivity contribution in [2.24, 2.45) is 0 Å². The van der Waals surface area contributed by atoms with E-state index in [0.717, 1.165) is 6.61 Å². The number of ether oxygens (including phenoxy) is 3. The Labute approximate surface area is 90.8 Å². The van der Waals surface area contributed by atoms with Crippen LogP contribution in [0.1, 0.15) is 13.3 Å². The maximum absolute atomic E-state index is 9.85. The Balaban J connectivity index is 1.97. The highest BCUT2D eigenvalue weighted by Gasteiger charge is 2.24. The average molecular weight is 216 g/mol. The first kappa shape index (κ1) is 12.6. The van der Waals surface area contributed by atoms with Crippen molar-refractivity contribution in [3.05, 3.63) is 12.7 Å². The highest BCUT2D eigenvalue weighted by Crippen LogP contribution is 2.12. The molecular formula is C11H20O4. The summed E-state index contributed by atoms with van der Waals surface area (Å²) in [6, 6.07) is 0. The van der Waals surface area contributed by atoms with Crippen LogP contribution in [0, 0.1) is 0 Å². The first-order valence-corrected chi connectivity index (χ1v) is 5.24. The van der Waals surface area contributed by atoms with Gasteiger partial charge in [-0.05, 0) is 6.92 Å². The summed E-state index contributed by atoms with van der Waals surface area (Å²) in [6.45, 7) is 8.02. The van der Waals surface area contributed by atoms with E-state index in [1.54, 1.807) is 13.0 Å². The second kappa shape index (κ2) is 6.23. The van der Waals surface area contributed by atoms with Gasteiger partial charge in [-0.25, -0.2) is 0 Å². The summed E-state index contributed by atoms with van der Waals surface area (Å²) < 4.78 is 15.5. The van der Waals surface area contributed by atoms with E-state index in [4.69, 9.17) is 14.2 Å². The third-order valence-corrected chi connectivity index (χ3v) is 2.14. The van der Waals surface area contributed by atoms with Crippen LogP contribution in [0.5, 0.6) is 0 Å². The van der Waals surface area contributed by atoms with Crippen molar-refractivity contribution < 1.29 is 19.3 Å². The fourth-order valence-electron chi connectivity index (χ4n) is 1.11. The summed E-state index contributed by atoms with van der Waals surface area (Å²) in [4.78, 5) is 0. The van der Waals surface area contributed by atoms with Crippen LogP contribution in [-0.4, -0.2) is 49.8 Å². The van der Waals surface area contributed by atoms with Crippen LogP contribution in [0.15, 0.2) is 12.7 Å². The molecule has 1 saturated heterocycles. The van der Waals surface area contributed by atoms with Crippen LogP contribution in [0.3, 0.4) is 0 Å². The smallest absolute Gasteiger partial charge is 0.104 e. The zero-order valence-electron chi connectivity index (χ0n) is 9.28. The summed E-state index contributed by atoms with van der Waals surface area (Å²) >= 11 is 0. The molecule has 0 spiro atoms. The number of aliphatic hydroxyl groups is 1. The Kier molecular flexibility index (Phi) is 5.25. The van der Waals surface area contributed by atoms with Crippen LogP contribution in [0.2, 0.25) is 0 Å². The lowest BCUT2D eigenvalue weighted by Crippen LogP contribution is -2.32. The highest BCUT2D eigenvalue weighted by molar-refractivity contribution is 4.74. The summed E-state index contributed by atoms with van der Waals surface area (Å²) in [7, 11) is 0. The van der Waals surface area contributed by atoms with Gasteiger partial charge >= 0.3 is 0 Å². The molecule has 0 aliphatic carbocycles. The molecule has 1 rings (SSSR count). The van der Waals surface area contributed by atoms with Gasteiger partial charge in [-0.15, -0.1) is 6.58 Å². The van der Waals surface area contributed by atoms with Gasteiger partial charge in [0.2, 0.25) is 0 Å². The van der Waals surface area contributed by atoms with E-state index in [2.05, 4.69) is 6.58 Å². The SMILES string of the molecule is C=CCOCC(C)(O)CCOCC1CO1. The zero-order chi connectivity index (χ0) is 11.1. The molecule has 15 heavy (non-hydrogen) atoms. The first-order valence-electron chi connectivity index (χ1n) is 5.24. The van der Waals surface area contributed by atoms with Gasteiger partial charge in [0.05, 0.1) is 32.0 Å². The van der Waals surface area contributed by atoms with E-state index in [-0.39, 0.29) is 6.10 Å². The van der Waals surface area contributed by atoms with Crippen molar-refractivity contribution in [1.29, 1.82) is 0 Å². The molecule has 4 nitrogen and oxygen atoms in total. The normalized spacial score (nSPS) is 23.5. The fraction of sp³-hybridized carbons (Fsp3) is 0.818. The maximum atomic E-state index is 9.85. The number of hydrogen-bond donors (Lipinski definition) is 1. The summed E-state index contributed by atoms with van der Waals surface area (Å²) in [5.41, 5.74) is -0.826. The van der Waals surface area contributed by atoms with Gasteiger partial charge in [0, 0.05) is 13.0 Å². The van der Waals surface area contributed by atoms with Gasteiger partial charge in [0.1, 0.15) is 6.10 Å². The lowest BCUT2D eigenvalue weighted by Gasteiger charge is -2.22. The zero-order valence-corrected chi connectivity index (χ0v) is 9.28. The van der Waals surface area contributed by atoms with E-state index >= 15 is 0 Å². The third kappa shape index (κ3) is 6.62. The molecule has 0 radical (unpaired) electrons. The molecule has 2 atom stereocenters. The monoisotopic (exact) mass is 216 g/mol. The Morgan fingerprint density at radius 2 is 2.33 bits per heavy atom. The Hall–Kier alpha value is -0.420. The lowest BCUT2D eigenvalue weighted by atomic mass is 10.1. The number of hydrogen-bond acceptors (Lipinski definition) is 4. The topological polar surface area (TPSA) is 51.2 Å². The minimum absolute atomic E-state index is 0.284. The van der Waals surface area contributed by atoms with Crippen LogP contribution in [0.4, 0.5) is 0 Å². The minimum Gasteiger partial charge on any atom is -0.388 e. The molecular weight excluding hydrogens is 196 g/mol. The van der Waals surface area contributed by atoms with Crippen LogP contribution in [0.25, 0.3) is 0 Å². The molecule has 88 valence electrons. The van der Waals surface area contributed by atoms with Crippen LogP contribution < -0.4 is 0 Å². The predicted octanol–water partition coefficient (Wildman–Crippen LogP) is 0.745. The van der Waals surface area contributed by atoms with Gasteiger partial charge in [-0.3, -0.25) is 0 Å². The minimum atomic E-state index is -0.826. The van der Waals surface area contributed by atoms with E-state index in [1.807, 2.05) is 0 Å². The third-order valence-electron chi connectivity index (χ3n) is 2.14. The standard InChI is InChI=1S/C11H20O4/c1-3-5-14-9-11(2,12)4-6-13-7-10-8-15-10/h3,10,12H,1,4-9H2,2H3. The van der Waals surface area contributed by atoms with Crippen molar-refractivity contribution in [2.75, 3.05) is 33.0 Å². The van der Waals surface area contributed by atoms with Gasteiger partial charge in [-0.2, -0.15) is 0 Å². The fourth-order valence-corrected chi connectivity index (χ4v) is 1.11. The molecule has 0 aromatic carbocycles. The lowest BCUT2D eigenvalue weighted by molar-refractivity contribution is -0.0482. The molecule has 4 heteroatoms. The number of epoxide rings is 1. The Morgan fingerprint density at radius 3 is 2.93 bits per heavy atom. The van der Waals surface area contributed by atoms with Crippen molar-refractivity contribution in [3.63, 3.8) is 0 Å². The molecule has 1 heterocycles. The van der Waals surface area contributed by atoms with E-state index in [1.165, 1.54) is 0 Å². The quantitative estimate of drug-likeness (QED) is 0.351. The molecule has 1 aliphatic rings. The second-order valence-electron chi connectivity index (χ2n) is 4.08. The van der Waals surface area contributed by atoms with E-state index in [0.29, 0.717) is 32.8 Å². The van der Waals surface area contributed by atoms with Gasteiger partial charge in [0.25, 0.3) is 0 Å². The second-order valence-corrected chi connectivity index (χ2v) is 4.08. The molecule has 0 aromatic rings. The Bertz CT molecular complexity index is 187. The number of rotatable bonds is 9. The summed E-state index contributed by atoms with van der Waals surface area (Å²) in [5.74, 6) is 0. The van der Waals surface area contributed by atoms with Crippen molar-refractivity contribution in [2.45, 2.75) is 25.0 Å². The van der Waals surface area contributed by atoms with Crippen molar-refractivity contribution >= 4 is 0 Å². The molecule has 0 amide bonds. The molecule has 2 unspecified atom stereocenters. The Morgan fingerprint density at radius 1 is 1.60 bits per heavy atom. The van der Waals surface area contributed by atoms with Gasteiger partial charge < -0.3 is 19.3 Å². The highest BCUT2D eigenvalue weighted by atomic mass is 16.6.